The van der Waals surface area contributed by atoms with Crippen molar-refractivity contribution in [3.05, 3.63) is 80.4 Å². The normalized spacial score (nSPS) is 15.0. The number of hydrogen-bond donors (Lipinski definition) is 0. The van der Waals surface area contributed by atoms with Crippen molar-refractivity contribution in [3.8, 4) is 17.1 Å². The highest BCUT2D eigenvalue weighted by atomic mass is 35.5. The van der Waals surface area contributed by atoms with Crippen LogP contribution in [0, 0.1) is 10.1 Å². The minimum absolute atomic E-state index is 0.0860. The van der Waals surface area contributed by atoms with Crippen molar-refractivity contribution < 1.29 is 18.9 Å². The zero-order valence-corrected chi connectivity index (χ0v) is 18.3. The Balaban J connectivity index is 1.63. The van der Waals surface area contributed by atoms with Gasteiger partial charge in [0.05, 0.1) is 34.3 Å². The second-order valence-electron chi connectivity index (χ2n) is 6.34. The number of halogens is 1. The van der Waals surface area contributed by atoms with Crippen LogP contribution in [-0.4, -0.2) is 22.3 Å². The molecule has 0 spiro atoms. The molecule has 2 aromatic carbocycles. The summed E-state index contributed by atoms with van der Waals surface area (Å²) >= 11 is 12.6. The number of nitrogens with zero attached hydrogens (tertiary/aromatic N) is 2. The summed E-state index contributed by atoms with van der Waals surface area (Å²) < 4.78 is 11.5. The van der Waals surface area contributed by atoms with Crippen LogP contribution in [0.5, 0.6) is 5.75 Å². The zero-order valence-electron chi connectivity index (χ0n) is 15.9. The Morgan fingerprint density at radius 3 is 2.74 bits per heavy atom. The number of thiocarbonyl (C=S) groups is 1. The van der Waals surface area contributed by atoms with Crippen molar-refractivity contribution in [2.24, 2.45) is 0 Å². The molecular formula is C21H13ClN2O5S2. The molecule has 1 saturated heterocycles. The van der Waals surface area contributed by atoms with Crippen molar-refractivity contribution in [2.45, 2.75) is 0 Å². The number of carbonyl (C=O) groups is 1. The van der Waals surface area contributed by atoms with E-state index < -0.39 is 4.92 Å². The summed E-state index contributed by atoms with van der Waals surface area (Å²) in [6, 6.07) is 14.5. The molecule has 0 saturated carbocycles. The monoisotopic (exact) mass is 472 g/mol. The van der Waals surface area contributed by atoms with E-state index in [-0.39, 0.29) is 11.6 Å². The molecule has 10 heteroatoms. The fraction of sp³-hybridized carbons (Fsp3) is 0.0476. The predicted octanol–water partition coefficient (Wildman–Crippen LogP) is 5.92. The Hall–Kier alpha value is -3.14. The number of furan rings is 1. The van der Waals surface area contributed by atoms with Crippen molar-refractivity contribution in [2.75, 3.05) is 12.0 Å². The van der Waals surface area contributed by atoms with E-state index in [1.54, 1.807) is 48.5 Å². The number of ether oxygens (including phenoxy) is 1. The standard InChI is InChI=1S/C21H13ClN2O5S2/c1-28-18-10-14(24(26)27)5-7-16(18)17-8-6-15(29-17)11-19-20(25)23(21(30)31-19)13-4-2-3-12(22)9-13/h2-11H,1H3/b19-11-. The zero-order chi connectivity index (χ0) is 22.1. The van der Waals surface area contributed by atoms with Gasteiger partial charge in [-0.05, 0) is 36.4 Å². The molecule has 0 bridgehead atoms. The molecule has 1 fully saturated rings. The van der Waals surface area contributed by atoms with Gasteiger partial charge in [-0.25, -0.2) is 0 Å². The lowest BCUT2D eigenvalue weighted by atomic mass is 10.1. The molecule has 0 atom stereocenters. The first kappa shape index (κ1) is 21.1. The maximum Gasteiger partial charge on any atom is 0.273 e. The largest absolute Gasteiger partial charge is 0.496 e. The Kier molecular flexibility index (Phi) is 5.81. The molecule has 156 valence electrons. The van der Waals surface area contributed by atoms with E-state index >= 15 is 0 Å². The van der Waals surface area contributed by atoms with Gasteiger partial charge < -0.3 is 9.15 Å². The van der Waals surface area contributed by atoms with Gasteiger partial charge in [0, 0.05) is 17.2 Å². The third kappa shape index (κ3) is 4.20. The van der Waals surface area contributed by atoms with Crippen molar-refractivity contribution in [1.29, 1.82) is 0 Å². The van der Waals surface area contributed by atoms with Gasteiger partial charge in [-0.3, -0.25) is 19.8 Å². The molecule has 0 radical (unpaired) electrons. The molecule has 1 aliphatic rings. The lowest BCUT2D eigenvalue weighted by molar-refractivity contribution is -0.384. The van der Waals surface area contributed by atoms with Crippen LogP contribution in [0.1, 0.15) is 5.76 Å². The average Bonchev–Trinajstić information content (AvgIpc) is 3.31. The summed E-state index contributed by atoms with van der Waals surface area (Å²) in [5.41, 5.74) is 1.06. The second kappa shape index (κ2) is 8.54. The van der Waals surface area contributed by atoms with Crippen LogP contribution in [0.25, 0.3) is 17.4 Å². The summed E-state index contributed by atoms with van der Waals surface area (Å²) in [6.45, 7) is 0. The van der Waals surface area contributed by atoms with E-state index in [9.17, 15) is 14.9 Å². The van der Waals surface area contributed by atoms with Gasteiger partial charge in [-0.2, -0.15) is 0 Å². The summed E-state index contributed by atoms with van der Waals surface area (Å²) in [5.74, 6) is 0.913. The van der Waals surface area contributed by atoms with Gasteiger partial charge in [0.15, 0.2) is 4.32 Å². The summed E-state index contributed by atoms with van der Waals surface area (Å²) in [6.07, 6.45) is 1.60. The lowest BCUT2D eigenvalue weighted by Crippen LogP contribution is -2.27. The van der Waals surface area contributed by atoms with Gasteiger partial charge in [0.1, 0.15) is 17.3 Å². The number of nitro benzene ring substituents is 1. The second-order valence-corrected chi connectivity index (χ2v) is 8.45. The number of methoxy groups -OCH3 is 1. The first-order valence-electron chi connectivity index (χ1n) is 8.83. The van der Waals surface area contributed by atoms with Gasteiger partial charge in [-0.15, -0.1) is 0 Å². The maximum atomic E-state index is 12.9. The number of nitro groups is 1. The van der Waals surface area contributed by atoms with Crippen LogP contribution in [0.15, 0.2) is 63.9 Å². The molecule has 3 aromatic rings. The van der Waals surface area contributed by atoms with E-state index in [0.717, 1.165) is 11.8 Å². The number of non-ortho nitro benzene ring substituents is 1. The van der Waals surface area contributed by atoms with Crippen molar-refractivity contribution in [3.63, 3.8) is 0 Å². The molecule has 1 aromatic heterocycles. The molecule has 4 rings (SSSR count). The molecule has 1 aliphatic heterocycles. The molecule has 0 N–H and O–H groups in total. The molecule has 2 heterocycles. The SMILES string of the molecule is COc1cc([N+](=O)[O-])ccc1-c1ccc(/C=C2\SC(=S)N(c3cccc(Cl)c3)C2=O)o1. The fourth-order valence-corrected chi connectivity index (χ4v) is 4.47. The number of hydrogen-bond acceptors (Lipinski definition) is 7. The fourth-order valence-electron chi connectivity index (χ4n) is 3.01. The number of carbonyl (C=O) groups excluding carboxylic acids is 1. The van der Waals surface area contributed by atoms with Gasteiger partial charge in [0.25, 0.3) is 11.6 Å². The van der Waals surface area contributed by atoms with Crippen LogP contribution in [0.2, 0.25) is 5.02 Å². The van der Waals surface area contributed by atoms with Crippen molar-refractivity contribution >= 4 is 63.3 Å². The molecule has 1 amide bonds. The Labute approximate surface area is 191 Å². The summed E-state index contributed by atoms with van der Waals surface area (Å²) in [5, 5.41) is 11.5. The number of amides is 1. The van der Waals surface area contributed by atoms with Gasteiger partial charge in [-0.1, -0.05) is 41.6 Å². The highest BCUT2D eigenvalue weighted by Crippen LogP contribution is 2.38. The van der Waals surface area contributed by atoms with E-state index in [4.69, 9.17) is 33.0 Å². The molecular weight excluding hydrogens is 460 g/mol. The Bertz CT molecular complexity index is 1250. The topological polar surface area (TPSA) is 85.8 Å². The third-order valence-corrected chi connectivity index (χ3v) is 5.96. The number of rotatable bonds is 5. The van der Waals surface area contributed by atoms with E-state index in [0.29, 0.717) is 42.8 Å². The molecule has 0 aliphatic carbocycles. The van der Waals surface area contributed by atoms with E-state index in [1.807, 2.05) is 0 Å². The van der Waals surface area contributed by atoms with Crippen LogP contribution >= 0.6 is 35.6 Å². The third-order valence-electron chi connectivity index (χ3n) is 4.42. The van der Waals surface area contributed by atoms with Crippen LogP contribution in [0.4, 0.5) is 11.4 Å². The van der Waals surface area contributed by atoms with Crippen LogP contribution < -0.4 is 9.64 Å². The smallest absolute Gasteiger partial charge is 0.273 e. The quantitative estimate of drug-likeness (QED) is 0.197. The Morgan fingerprint density at radius 1 is 1.23 bits per heavy atom. The van der Waals surface area contributed by atoms with Crippen LogP contribution in [-0.2, 0) is 4.79 Å². The predicted molar refractivity (Wildman–Crippen MR) is 124 cm³/mol. The molecule has 7 nitrogen and oxygen atoms in total. The molecule has 31 heavy (non-hydrogen) atoms. The minimum Gasteiger partial charge on any atom is -0.496 e. The van der Waals surface area contributed by atoms with E-state index in [1.165, 1.54) is 24.1 Å². The summed E-state index contributed by atoms with van der Waals surface area (Å²) in [4.78, 5) is 25.2. The van der Waals surface area contributed by atoms with Crippen LogP contribution in [0.3, 0.4) is 0 Å². The number of thioether (sulfide) groups is 1. The Morgan fingerprint density at radius 2 is 2.03 bits per heavy atom. The maximum absolute atomic E-state index is 12.9. The average molecular weight is 473 g/mol. The highest BCUT2D eigenvalue weighted by Gasteiger charge is 2.33. The first-order chi connectivity index (χ1) is 14.9. The number of benzene rings is 2. The minimum atomic E-state index is -0.498. The first-order valence-corrected chi connectivity index (χ1v) is 10.4. The van der Waals surface area contributed by atoms with Crippen molar-refractivity contribution in [1.82, 2.24) is 0 Å². The van der Waals surface area contributed by atoms with E-state index in [2.05, 4.69) is 0 Å². The summed E-state index contributed by atoms with van der Waals surface area (Å²) in [7, 11) is 1.42. The highest BCUT2D eigenvalue weighted by molar-refractivity contribution is 8.27. The number of anilines is 1. The van der Waals surface area contributed by atoms with Gasteiger partial charge >= 0.3 is 0 Å². The van der Waals surface area contributed by atoms with Gasteiger partial charge in [0.2, 0.25) is 0 Å². The molecule has 0 unspecified atom stereocenters. The lowest BCUT2D eigenvalue weighted by Gasteiger charge is -2.14.